The van der Waals surface area contributed by atoms with E-state index in [4.69, 9.17) is 5.73 Å². The maximum absolute atomic E-state index is 11.8. The van der Waals surface area contributed by atoms with Crippen LogP contribution in [-0.2, 0) is 4.79 Å². The summed E-state index contributed by atoms with van der Waals surface area (Å²) in [5, 5.41) is 2.50. The number of hydrogen-bond donors (Lipinski definition) is 2. The molecule has 16 heavy (non-hydrogen) atoms. The smallest absolute Gasteiger partial charge is 0.253 e. The lowest BCUT2D eigenvalue weighted by molar-refractivity contribution is -0.119. The molecule has 0 aliphatic heterocycles. The van der Waals surface area contributed by atoms with Gasteiger partial charge in [-0.15, -0.1) is 0 Å². The van der Waals surface area contributed by atoms with Crippen molar-refractivity contribution in [2.45, 2.75) is 13.0 Å². The van der Waals surface area contributed by atoms with Gasteiger partial charge in [-0.05, 0) is 41.1 Å². The molecule has 86 valence electrons. The molecule has 1 unspecified atom stereocenters. The maximum atomic E-state index is 11.8. The topological polar surface area (TPSA) is 72.2 Å². The largest absolute Gasteiger partial charge is 0.368 e. The highest BCUT2D eigenvalue weighted by Gasteiger charge is 2.15. The number of carbonyl (C=O) groups excluding carboxylic acids is 2. The lowest BCUT2D eigenvalue weighted by atomic mass is 10.2. The first-order chi connectivity index (χ1) is 7.41. The van der Waals surface area contributed by atoms with Gasteiger partial charge in [0.2, 0.25) is 5.91 Å². The van der Waals surface area contributed by atoms with Crippen LogP contribution in [-0.4, -0.2) is 17.9 Å². The highest BCUT2D eigenvalue weighted by Crippen LogP contribution is 2.21. The Morgan fingerprint density at radius 2 is 2.00 bits per heavy atom. The van der Waals surface area contributed by atoms with Crippen molar-refractivity contribution in [2.75, 3.05) is 0 Å². The second kappa shape index (κ2) is 5.45. The van der Waals surface area contributed by atoms with Crippen LogP contribution in [0.2, 0.25) is 0 Å². The van der Waals surface area contributed by atoms with Crippen LogP contribution in [0.25, 0.3) is 0 Å². The van der Waals surface area contributed by atoms with Crippen molar-refractivity contribution in [3.63, 3.8) is 0 Å². The molecule has 0 aromatic heterocycles. The van der Waals surface area contributed by atoms with E-state index in [0.29, 0.717) is 10.0 Å². The number of nitrogens with one attached hydrogen (secondary N) is 1. The number of hydrogen-bond acceptors (Lipinski definition) is 2. The molecular weight excluding hydrogens is 340 g/mol. The third-order valence-electron chi connectivity index (χ3n) is 1.95. The van der Waals surface area contributed by atoms with Crippen LogP contribution in [0.5, 0.6) is 0 Å². The molecule has 1 aromatic rings. The number of primary amides is 1. The molecule has 0 fully saturated rings. The Bertz CT molecular complexity index is 435. The molecule has 0 aliphatic carbocycles. The highest BCUT2D eigenvalue weighted by molar-refractivity contribution is 9.11. The summed E-state index contributed by atoms with van der Waals surface area (Å²) < 4.78 is 1.44. The Labute approximate surface area is 110 Å². The number of halogens is 2. The molecular formula is C10H10Br2N2O2. The summed E-state index contributed by atoms with van der Waals surface area (Å²) in [4.78, 5) is 22.6. The number of carbonyl (C=O) groups is 2. The van der Waals surface area contributed by atoms with Crippen LogP contribution >= 0.6 is 31.9 Å². The van der Waals surface area contributed by atoms with Crippen LogP contribution in [0, 0.1) is 0 Å². The molecule has 1 aromatic carbocycles. The van der Waals surface area contributed by atoms with E-state index in [2.05, 4.69) is 37.2 Å². The van der Waals surface area contributed by atoms with Gasteiger partial charge in [0.05, 0.1) is 5.56 Å². The third kappa shape index (κ3) is 3.31. The summed E-state index contributed by atoms with van der Waals surface area (Å²) in [6.07, 6.45) is 0. The zero-order valence-corrected chi connectivity index (χ0v) is 11.6. The molecule has 0 aliphatic rings. The molecule has 1 atom stereocenters. The van der Waals surface area contributed by atoms with Gasteiger partial charge in [-0.3, -0.25) is 9.59 Å². The van der Waals surface area contributed by atoms with Gasteiger partial charge in [0.15, 0.2) is 0 Å². The zero-order chi connectivity index (χ0) is 12.3. The van der Waals surface area contributed by atoms with Crippen LogP contribution < -0.4 is 11.1 Å². The van der Waals surface area contributed by atoms with E-state index in [-0.39, 0.29) is 5.91 Å². The molecule has 6 heteroatoms. The summed E-state index contributed by atoms with van der Waals surface area (Å²) >= 11 is 6.53. The maximum Gasteiger partial charge on any atom is 0.253 e. The Kier molecular flexibility index (Phi) is 4.49. The Morgan fingerprint density at radius 1 is 1.38 bits per heavy atom. The van der Waals surface area contributed by atoms with Crippen LogP contribution in [0.3, 0.4) is 0 Å². The van der Waals surface area contributed by atoms with Crippen LogP contribution in [0.1, 0.15) is 17.3 Å². The lowest BCUT2D eigenvalue weighted by Crippen LogP contribution is -2.42. The van der Waals surface area contributed by atoms with E-state index in [1.54, 1.807) is 18.2 Å². The van der Waals surface area contributed by atoms with E-state index in [9.17, 15) is 9.59 Å². The second-order valence-electron chi connectivity index (χ2n) is 3.22. The Balaban J connectivity index is 2.88. The van der Waals surface area contributed by atoms with Gasteiger partial charge in [0.1, 0.15) is 6.04 Å². The highest BCUT2D eigenvalue weighted by atomic mass is 79.9. The molecule has 0 radical (unpaired) electrons. The molecule has 0 bridgehead atoms. The van der Waals surface area contributed by atoms with Gasteiger partial charge in [-0.25, -0.2) is 0 Å². The monoisotopic (exact) mass is 348 g/mol. The molecule has 2 amide bonds. The Hall–Kier alpha value is -0.880. The van der Waals surface area contributed by atoms with Gasteiger partial charge < -0.3 is 11.1 Å². The summed E-state index contributed by atoms with van der Waals surface area (Å²) in [6, 6.07) is 4.51. The standard InChI is InChI=1S/C10H10Br2N2O2/c1-5(9(13)15)14-10(16)7-4-6(11)2-3-8(7)12/h2-5H,1H3,(H2,13,15)(H,14,16). The van der Waals surface area contributed by atoms with Crippen molar-refractivity contribution in [1.82, 2.24) is 5.32 Å². The molecule has 1 rings (SSSR count). The summed E-state index contributed by atoms with van der Waals surface area (Å²) in [5.41, 5.74) is 5.50. The van der Waals surface area contributed by atoms with Crippen LogP contribution in [0.15, 0.2) is 27.1 Å². The normalized spacial score (nSPS) is 11.9. The second-order valence-corrected chi connectivity index (χ2v) is 4.99. The van der Waals surface area contributed by atoms with Crippen molar-refractivity contribution in [3.8, 4) is 0 Å². The van der Waals surface area contributed by atoms with E-state index < -0.39 is 11.9 Å². The fourth-order valence-corrected chi connectivity index (χ4v) is 1.80. The number of rotatable bonds is 3. The van der Waals surface area contributed by atoms with E-state index in [1.807, 2.05) is 0 Å². The van der Waals surface area contributed by atoms with Gasteiger partial charge in [0.25, 0.3) is 5.91 Å². The number of benzene rings is 1. The quantitative estimate of drug-likeness (QED) is 0.873. The van der Waals surface area contributed by atoms with Gasteiger partial charge in [-0.1, -0.05) is 15.9 Å². The predicted octanol–water partition coefficient (Wildman–Crippen LogP) is 1.82. The van der Waals surface area contributed by atoms with Crippen molar-refractivity contribution < 1.29 is 9.59 Å². The third-order valence-corrected chi connectivity index (χ3v) is 3.13. The fraction of sp³-hybridized carbons (Fsp3) is 0.200. The van der Waals surface area contributed by atoms with Crippen molar-refractivity contribution in [3.05, 3.63) is 32.7 Å². The predicted molar refractivity (Wildman–Crippen MR) is 68.0 cm³/mol. The van der Waals surface area contributed by atoms with E-state index in [0.717, 1.165) is 4.47 Å². The molecule has 0 heterocycles. The average molecular weight is 350 g/mol. The molecule has 4 nitrogen and oxygen atoms in total. The SMILES string of the molecule is CC(NC(=O)c1cc(Br)ccc1Br)C(N)=O. The first kappa shape index (κ1) is 13.2. The zero-order valence-electron chi connectivity index (χ0n) is 8.46. The van der Waals surface area contributed by atoms with Gasteiger partial charge >= 0.3 is 0 Å². The van der Waals surface area contributed by atoms with E-state index in [1.165, 1.54) is 6.92 Å². The van der Waals surface area contributed by atoms with Crippen molar-refractivity contribution >= 4 is 43.7 Å². The summed E-state index contributed by atoms with van der Waals surface area (Å²) in [5.74, 6) is -0.918. The minimum absolute atomic E-state index is 0.348. The molecule has 0 spiro atoms. The van der Waals surface area contributed by atoms with Crippen LogP contribution in [0.4, 0.5) is 0 Å². The molecule has 3 N–H and O–H groups in total. The van der Waals surface area contributed by atoms with Crippen molar-refractivity contribution in [2.24, 2.45) is 5.73 Å². The fourth-order valence-electron chi connectivity index (χ4n) is 1.02. The van der Waals surface area contributed by atoms with E-state index >= 15 is 0 Å². The first-order valence-corrected chi connectivity index (χ1v) is 6.05. The molecule has 0 saturated carbocycles. The minimum atomic E-state index is -0.696. The van der Waals surface area contributed by atoms with Crippen molar-refractivity contribution in [1.29, 1.82) is 0 Å². The lowest BCUT2D eigenvalue weighted by Gasteiger charge is -2.11. The van der Waals surface area contributed by atoms with Gasteiger partial charge in [0, 0.05) is 8.95 Å². The number of nitrogens with two attached hydrogens (primary N) is 1. The molecule has 0 saturated heterocycles. The number of amides is 2. The van der Waals surface area contributed by atoms with Gasteiger partial charge in [-0.2, -0.15) is 0 Å². The minimum Gasteiger partial charge on any atom is -0.368 e. The first-order valence-electron chi connectivity index (χ1n) is 4.47. The average Bonchev–Trinajstić information content (AvgIpc) is 2.21. The Morgan fingerprint density at radius 3 is 2.56 bits per heavy atom. The summed E-state index contributed by atoms with van der Waals surface area (Å²) in [7, 11) is 0. The summed E-state index contributed by atoms with van der Waals surface area (Å²) in [6.45, 7) is 1.53.